The summed E-state index contributed by atoms with van der Waals surface area (Å²) in [6, 6.07) is 4.18. The summed E-state index contributed by atoms with van der Waals surface area (Å²) < 4.78 is 0. The lowest BCUT2D eigenvalue weighted by Crippen LogP contribution is -2.34. The van der Waals surface area contributed by atoms with Crippen LogP contribution in [0.3, 0.4) is 0 Å². The monoisotopic (exact) mass is 269 g/mol. The lowest BCUT2D eigenvalue weighted by atomic mass is 10.1. The van der Waals surface area contributed by atoms with Gasteiger partial charge in [-0.3, -0.25) is 14.9 Å². The number of nitrogens with one attached hydrogen (secondary N) is 1. The minimum atomic E-state index is -0.600. The number of rotatable bonds is 5. The zero-order valence-electron chi connectivity index (χ0n) is 10.2. The van der Waals surface area contributed by atoms with Crippen molar-refractivity contribution in [2.75, 3.05) is 17.7 Å². The predicted molar refractivity (Wildman–Crippen MR) is 72.8 cm³/mol. The lowest BCUT2D eigenvalue weighted by molar-refractivity contribution is -0.383. The van der Waals surface area contributed by atoms with Gasteiger partial charge in [0.2, 0.25) is 0 Å². The summed E-state index contributed by atoms with van der Waals surface area (Å²) in [5, 5.41) is 13.5. The highest BCUT2D eigenvalue weighted by Crippen LogP contribution is 2.24. The van der Waals surface area contributed by atoms with Gasteiger partial charge in [-0.05, 0) is 19.2 Å². The summed E-state index contributed by atoms with van der Waals surface area (Å²) in [5.74, 6) is 0.373. The van der Waals surface area contributed by atoms with Crippen LogP contribution in [0, 0.1) is 10.1 Å². The van der Waals surface area contributed by atoms with Gasteiger partial charge in [-0.15, -0.1) is 0 Å². The molecule has 7 heteroatoms. The molecule has 0 saturated carbocycles. The molecule has 6 nitrogen and oxygen atoms in total. The van der Waals surface area contributed by atoms with Gasteiger partial charge >= 0.3 is 0 Å². The number of nitro benzene ring substituents is 1. The molecule has 1 atom stereocenters. The van der Waals surface area contributed by atoms with E-state index in [1.54, 1.807) is 11.8 Å². The van der Waals surface area contributed by atoms with Gasteiger partial charge in [-0.1, -0.05) is 6.07 Å². The van der Waals surface area contributed by atoms with Crippen LogP contribution in [0.2, 0.25) is 0 Å². The van der Waals surface area contributed by atoms with Crippen molar-refractivity contribution in [2.24, 2.45) is 0 Å². The molecule has 3 N–H and O–H groups in total. The van der Waals surface area contributed by atoms with Crippen LogP contribution in [0.15, 0.2) is 18.2 Å². The maximum absolute atomic E-state index is 11.9. The number of nitro groups is 1. The molecule has 1 amide bonds. The average molecular weight is 269 g/mol. The van der Waals surface area contributed by atoms with Crippen molar-refractivity contribution >= 4 is 29.0 Å². The fourth-order valence-electron chi connectivity index (χ4n) is 1.50. The topological polar surface area (TPSA) is 98.3 Å². The van der Waals surface area contributed by atoms with Gasteiger partial charge in [0.05, 0.1) is 10.5 Å². The SMILES string of the molecule is CSCC(C)NC(=O)c1cccc([N+](=O)[O-])c1N. The van der Waals surface area contributed by atoms with Gasteiger partial charge < -0.3 is 11.1 Å². The Morgan fingerprint density at radius 1 is 1.61 bits per heavy atom. The van der Waals surface area contributed by atoms with E-state index in [0.717, 1.165) is 5.75 Å². The maximum atomic E-state index is 11.9. The Morgan fingerprint density at radius 2 is 2.28 bits per heavy atom. The third kappa shape index (κ3) is 3.36. The smallest absolute Gasteiger partial charge is 0.292 e. The van der Waals surface area contributed by atoms with Crippen LogP contribution in [0.5, 0.6) is 0 Å². The maximum Gasteiger partial charge on any atom is 0.292 e. The second-order valence-corrected chi connectivity index (χ2v) is 4.74. The molecule has 0 saturated heterocycles. The molecule has 1 unspecified atom stereocenters. The molecule has 0 aliphatic rings. The molecular weight excluding hydrogens is 254 g/mol. The Hall–Kier alpha value is -1.76. The van der Waals surface area contributed by atoms with E-state index in [9.17, 15) is 14.9 Å². The summed E-state index contributed by atoms with van der Waals surface area (Å²) in [6.45, 7) is 1.86. The highest BCUT2D eigenvalue weighted by Gasteiger charge is 2.19. The molecule has 18 heavy (non-hydrogen) atoms. The van der Waals surface area contributed by atoms with Crippen molar-refractivity contribution in [1.29, 1.82) is 0 Å². The Bertz CT molecular complexity index is 465. The number of hydrogen-bond donors (Lipinski definition) is 2. The zero-order valence-corrected chi connectivity index (χ0v) is 11.0. The van der Waals surface area contributed by atoms with Gasteiger partial charge in [-0.25, -0.2) is 0 Å². The molecule has 0 radical (unpaired) electrons. The Balaban J connectivity index is 2.93. The van der Waals surface area contributed by atoms with Crippen LogP contribution >= 0.6 is 11.8 Å². The van der Waals surface area contributed by atoms with E-state index in [4.69, 9.17) is 5.73 Å². The van der Waals surface area contributed by atoms with Gasteiger partial charge in [0.15, 0.2) is 0 Å². The molecule has 0 bridgehead atoms. The number of amides is 1. The molecule has 1 aromatic rings. The Kier molecular flexibility index (Phi) is 4.96. The number of anilines is 1. The number of carbonyl (C=O) groups is 1. The number of para-hydroxylation sites is 1. The Labute approximate surface area is 109 Å². The molecular formula is C11H15N3O3S. The first-order valence-corrected chi connectivity index (χ1v) is 6.69. The van der Waals surface area contributed by atoms with Gasteiger partial charge in [-0.2, -0.15) is 11.8 Å². The highest BCUT2D eigenvalue weighted by molar-refractivity contribution is 7.98. The third-order valence-corrected chi connectivity index (χ3v) is 3.15. The standard InChI is InChI=1S/C11H15N3O3S/c1-7(6-18-2)13-11(15)8-4-3-5-9(10(8)12)14(16)17/h3-5,7H,6,12H2,1-2H3,(H,13,15). The first-order valence-electron chi connectivity index (χ1n) is 5.30. The molecule has 0 aromatic heterocycles. The number of benzene rings is 1. The molecule has 98 valence electrons. The summed E-state index contributed by atoms with van der Waals surface area (Å²) in [6.07, 6.45) is 1.93. The van der Waals surface area contributed by atoms with Crippen LogP contribution in [-0.2, 0) is 0 Å². The lowest BCUT2D eigenvalue weighted by Gasteiger charge is -2.13. The van der Waals surface area contributed by atoms with Gasteiger partial charge in [0.1, 0.15) is 5.69 Å². The summed E-state index contributed by atoms with van der Waals surface area (Å²) in [4.78, 5) is 22.0. The van der Waals surface area contributed by atoms with Crippen molar-refractivity contribution in [3.05, 3.63) is 33.9 Å². The molecule has 0 aliphatic heterocycles. The highest BCUT2D eigenvalue weighted by atomic mass is 32.2. The van der Waals surface area contributed by atoms with Crippen LogP contribution < -0.4 is 11.1 Å². The number of carbonyl (C=O) groups excluding carboxylic acids is 1. The van der Waals surface area contributed by atoms with Gasteiger partial charge in [0, 0.05) is 17.9 Å². The Morgan fingerprint density at radius 3 is 2.83 bits per heavy atom. The van der Waals surface area contributed by atoms with E-state index >= 15 is 0 Å². The summed E-state index contributed by atoms with van der Waals surface area (Å²) in [5.41, 5.74) is 5.41. The van der Waals surface area contributed by atoms with E-state index in [2.05, 4.69) is 5.32 Å². The molecule has 0 fully saturated rings. The van der Waals surface area contributed by atoms with E-state index < -0.39 is 10.8 Å². The van der Waals surface area contributed by atoms with Crippen molar-refractivity contribution in [3.8, 4) is 0 Å². The normalized spacial score (nSPS) is 11.9. The second kappa shape index (κ2) is 6.25. The minimum Gasteiger partial charge on any atom is -0.393 e. The van der Waals surface area contributed by atoms with Crippen molar-refractivity contribution in [3.63, 3.8) is 0 Å². The van der Waals surface area contributed by atoms with Gasteiger partial charge in [0.25, 0.3) is 11.6 Å². The predicted octanol–water partition coefficient (Wildman–Crippen LogP) is 1.66. The second-order valence-electron chi connectivity index (χ2n) is 3.83. The number of nitrogens with zero attached hydrogens (tertiary/aromatic N) is 1. The van der Waals surface area contributed by atoms with Crippen LogP contribution in [0.25, 0.3) is 0 Å². The fourth-order valence-corrected chi connectivity index (χ4v) is 2.09. The number of nitrogen functional groups attached to an aromatic ring is 1. The van der Waals surface area contributed by atoms with E-state index in [1.807, 2.05) is 13.2 Å². The third-order valence-electron chi connectivity index (χ3n) is 2.32. The number of thioether (sulfide) groups is 1. The first kappa shape index (κ1) is 14.3. The molecule has 0 heterocycles. The quantitative estimate of drug-likeness (QED) is 0.481. The zero-order chi connectivity index (χ0) is 13.7. The largest absolute Gasteiger partial charge is 0.393 e. The molecule has 1 aromatic carbocycles. The van der Waals surface area contributed by atoms with Crippen molar-refractivity contribution in [1.82, 2.24) is 5.32 Å². The first-order chi connectivity index (χ1) is 8.47. The average Bonchev–Trinajstić information content (AvgIpc) is 2.28. The molecule has 0 aliphatic carbocycles. The summed E-state index contributed by atoms with van der Waals surface area (Å²) >= 11 is 1.60. The minimum absolute atomic E-state index is 0.0221. The van der Waals surface area contributed by atoms with E-state index in [-0.39, 0.29) is 23.0 Å². The van der Waals surface area contributed by atoms with Crippen molar-refractivity contribution in [2.45, 2.75) is 13.0 Å². The molecule has 0 spiro atoms. The number of hydrogen-bond acceptors (Lipinski definition) is 5. The van der Waals surface area contributed by atoms with Crippen LogP contribution in [0.1, 0.15) is 17.3 Å². The number of nitrogens with two attached hydrogens (primary N) is 1. The summed E-state index contributed by atoms with van der Waals surface area (Å²) in [7, 11) is 0. The van der Waals surface area contributed by atoms with Crippen molar-refractivity contribution < 1.29 is 9.72 Å². The van der Waals surface area contributed by atoms with Crippen LogP contribution in [0.4, 0.5) is 11.4 Å². The van der Waals surface area contributed by atoms with E-state index in [1.165, 1.54) is 18.2 Å². The fraction of sp³-hybridized carbons (Fsp3) is 0.364. The van der Waals surface area contributed by atoms with Crippen LogP contribution in [-0.4, -0.2) is 28.9 Å². The van der Waals surface area contributed by atoms with E-state index in [0.29, 0.717) is 0 Å². The molecule has 1 rings (SSSR count).